The zero-order valence-corrected chi connectivity index (χ0v) is 18.7. The third kappa shape index (κ3) is 3.94. The molecule has 166 valence electrons. The van der Waals surface area contributed by atoms with E-state index >= 15 is 4.39 Å². The highest BCUT2D eigenvalue weighted by molar-refractivity contribution is 6.34. The molecule has 4 rings (SSSR count). The van der Waals surface area contributed by atoms with Crippen molar-refractivity contribution in [2.45, 2.75) is 19.4 Å². The first-order chi connectivity index (χ1) is 15.2. The Morgan fingerprint density at radius 2 is 1.91 bits per heavy atom. The minimum Gasteiger partial charge on any atom is -0.386 e. The zero-order valence-electron chi connectivity index (χ0n) is 18.0. The van der Waals surface area contributed by atoms with Crippen LogP contribution in [0.15, 0.2) is 49.3 Å². The summed E-state index contributed by atoms with van der Waals surface area (Å²) in [6.07, 6.45) is 2.64. The molecule has 0 spiro atoms. The summed E-state index contributed by atoms with van der Waals surface area (Å²) in [5.41, 5.74) is 0.256. The van der Waals surface area contributed by atoms with Crippen LogP contribution in [0.5, 0.6) is 0 Å². The number of nitrogens with zero attached hydrogens (tertiary/aromatic N) is 4. The summed E-state index contributed by atoms with van der Waals surface area (Å²) in [5, 5.41) is 11.3. The van der Waals surface area contributed by atoms with Gasteiger partial charge in [-0.15, -0.1) is 0 Å². The van der Waals surface area contributed by atoms with Crippen molar-refractivity contribution in [3.8, 4) is 11.1 Å². The average molecular weight is 455 g/mol. The number of aromatic nitrogens is 2. The molecule has 0 bridgehead atoms. The van der Waals surface area contributed by atoms with Crippen molar-refractivity contribution < 1.29 is 14.3 Å². The first-order valence-corrected chi connectivity index (χ1v) is 10.7. The predicted molar refractivity (Wildman–Crippen MR) is 124 cm³/mol. The monoisotopic (exact) mass is 454 g/mol. The van der Waals surface area contributed by atoms with Gasteiger partial charge in [0, 0.05) is 37.1 Å². The SMILES string of the molecule is C=CC(=O)N1CCN(c2ncnc3c(F)c(-c4ccccc4C(C)(C)O)c(Cl)cc23)CC1. The van der Waals surface area contributed by atoms with Crippen LogP contribution in [0.4, 0.5) is 10.2 Å². The molecule has 2 aromatic carbocycles. The molecule has 1 aromatic heterocycles. The number of benzene rings is 2. The fourth-order valence-electron chi connectivity index (χ4n) is 4.12. The second-order valence-electron chi connectivity index (χ2n) is 8.26. The van der Waals surface area contributed by atoms with Crippen molar-refractivity contribution in [2.24, 2.45) is 0 Å². The van der Waals surface area contributed by atoms with Crippen LogP contribution in [0.25, 0.3) is 22.0 Å². The van der Waals surface area contributed by atoms with E-state index < -0.39 is 11.4 Å². The molecule has 1 aliphatic rings. The molecule has 1 amide bonds. The first kappa shape index (κ1) is 22.2. The van der Waals surface area contributed by atoms with E-state index in [1.807, 2.05) is 4.90 Å². The van der Waals surface area contributed by atoms with Gasteiger partial charge < -0.3 is 14.9 Å². The second kappa shape index (κ2) is 8.48. The Labute approximate surface area is 191 Å². The van der Waals surface area contributed by atoms with Crippen molar-refractivity contribution in [2.75, 3.05) is 31.1 Å². The minimum absolute atomic E-state index is 0.110. The molecule has 0 atom stereocenters. The Kier molecular flexibility index (Phi) is 5.88. The number of amides is 1. The molecule has 1 aliphatic heterocycles. The van der Waals surface area contributed by atoms with E-state index in [2.05, 4.69) is 16.5 Å². The number of rotatable bonds is 4. The zero-order chi connectivity index (χ0) is 23.0. The van der Waals surface area contributed by atoms with Gasteiger partial charge in [-0.2, -0.15) is 0 Å². The highest BCUT2D eigenvalue weighted by atomic mass is 35.5. The van der Waals surface area contributed by atoms with Gasteiger partial charge in [0.05, 0.1) is 10.6 Å². The quantitative estimate of drug-likeness (QED) is 0.600. The van der Waals surface area contributed by atoms with E-state index in [4.69, 9.17) is 11.6 Å². The molecule has 2 heterocycles. The molecule has 0 radical (unpaired) electrons. The maximum atomic E-state index is 15.8. The average Bonchev–Trinajstić information content (AvgIpc) is 2.78. The Hall–Kier alpha value is -3.03. The molecular formula is C24H24ClFN4O2. The van der Waals surface area contributed by atoms with Crippen LogP contribution in [0, 0.1) is 5.82 Å². The van der Waals surface area contributed by atoms with E-state index in [9.17, 15) is 9.90 Å². The fourth-order valence-corrected chi connectivity index (χ4v) is 4.41. The van der Waals surface area contributed by atoms with Crippen LogP contribution in [-0.4, -0.2) is 52.1 Å². The minimum atomic E-state index is -1.18. The standard InChI is InChI=1S/C24H24ClFN4O2/c1-4-19(31)29-9-11-30(12-10-29)23-16-13-18(25)20(21(26)22(16)27-14-28-23)15-7-5-6-8-17(15)24(2,3)32/h4-8,13-14,32H,1,9-12H2,2-3H3. The van der Waals surface area contributed by atoms with Gasteiger partial charge in [0.15, 0.2) is 5.82 Å². The number of anilines is 1. The summed E-state index contributed by atoms with van der Waals surface area (Å²) in [6, 6.07) is 8.74. The van der Waals surface area contributed by atoms with Gasteiger partial charge in [0.2, 0.25) is 5.91 Å². The molecule has 1 saturated heterocycles. The van der Waals surface area contributed by atoms with Crippen molar-refractivity contribution in [1.29, 1.82) is 0 Å². The lowest BCUT2D eigenvalue weighted by Crippen LogP contribution is -2.48. The van der Waals surface area contributed by atoms with E-state index in [1.165, 1.54) is 12.4 Å². The largest absolute Gasteiger partial charge is 0.386 e. The summed E-state index contributed by atoms with van der Waals surface area (Å²) in [7, 11) is 0. The van der Waals surface area contributed by atoms with Crippen molar-refractivity contribution >= 4 is 34.2 Å². The molecule has 0 saturated carbocycles. The molecule has 0 unspecified atom stereocenters. The number of piperazine rings is 1. The lowest BCUT2D eigenvalue weighted by atomic mass is 9.89. The molecule has 32 heavy (non-hydrogen) atoms. The van der Waals surface area contributed by atoms with Gasteiger partial charge in [-0.1, -0.05) is 42.4 Å². The maximum Gasteiger partial charge on any atom is 0.246 e. The third-order valence-corrected chi connectivity index (χ3v) is 6.02. The number of carbonyl (C=O) groups is 1. The molecule has 8 heteroatoms. The lowest BCUT2D eigenvalue weighted by Gasteiger charge is -2.35. The molecule has 1 N–H and O–H groups in total. The van der Waals surface area contributed by atoms with Gasteiger partial charge in [-0.3, -0.25) is 4.79 Å². The van der Waals surface area contributed by atoms with E-state index in [-0.39, 0.29) is 22.0 Å². The van der Waals surface area contributed by atoms with Gasteiger partial charge in [0.25, 0.3) is 0 Å². The van der Waals surface area contributed by atoms with Crippen LogP contribution in [0.3, 0.4) is 0 Å². The van der Waals surface area contributed by atoms with Crippen LogP contribution >= 0.6 is 11.6 Å². The Balaban J connectivity index is 1.80. The summed E-state index contributed by atoms with van der Waals surface area (Å²) in [4.78, 5) is 24.2. The second-order valence-corrected chi connectivity index (χ2v) is 8.67. The number of halogens is 2. The lowest BCUT2D eigenvalue weighted by molar-refractivity contribution is -0.126. The van der Waals surface area contributed by atoms with Crippen molar-refractivity contribution in [1.82, 2.24) is 14.9 Å². The Morgan fingerprint density at radius 1 is 1.22 bits per heavy atom. The highest BCUT2D eigenvalue weighted by Gasteiger charge is 2.27. The Morgan fingerprint density at radius 3 is 2.56 bits per heavy atom. The third-order valence-electron chi connectivity index (χ3n) is 5.72. The number of fused-ring (bicyclic) bond motifs is 1. The Bertz CT molecular complexity index is 1200. The molecule has 1 fully saturated rings. The van der Waals surface area contributed by atoms with Crippen molar-refractivity contribution in [3.05, 3.63) is 65.7 Å². The fraction of sp³-hybridized carbons (Fsp3) is 0.292. The van der Waals surface area contributed by atoms with Gasteiger partial charge in [-0.25, -0.2) is 14.4 Å². The van der Waals surface area contributed by atoms with Crippen LogP contribution in [0.2, 0.25) is 5.02 Å². The summed E-state index contributed by atoms with van der Waals surface area (Å²) >= 11 is 6.60. The molecule has 0 aliphatic carbocycles. The smallest absolute Gasteiger partial charge is 0.246 e. The van der Waals surface area contributed by atoms with Crippen molar-refractivity contribution in [3.63, 3.8) is 0 Å². The van der Waals surface area contributed by atoms with E-state index in [0.717, 1.165) is 0 Å². The van der Waals surface area contributed by atoms with E-state index in [1.54, 1.807) is 49.1 Å². The maximum absolute atomic E-state index is 15.8. The summed E-state index contributed by atoms with van der Waals surface area (Å²) in [5.74, 6) is -0.0986. The van der Waals surface area contributed by atoms with Crippen LogP contribution in [-0.2, 0) is 10.4 Å². The number of carbonyl (C=O) groups excluding carboxylic acids is 1. The number of hydrogen-bond donors (Lipinski definition) is 1. The predicted octanol–water partition coefficient (Wildman–Crippen LogP) is 4.15. The molecule has 6 nitrogen and oxygen atoms in total. The molecular weight excluding hydrogens is 431 g/mol. The normalized spacial score (nSPS) is 14.7. The summed E-state index contributed by atoms with van der Waals surface area (Å²) in [6.45, 7) is 8.96. The van der Waals surface area contributed by atoms with Crippen LogP contribution < -0.4 is 4.90 Å². The van der Waals surface area contributed by atoms with Gasteiger partial charge in [-0.05, 0) is 37.1 Å². The van der Waals surface area contributed by atoms with Gasteiger partial charge in [0.1, 0.15) is 17.7 Å². The van der Waals surface area contributed by atoms with E-state index in [0.29, 0.717) is 48.5 Å². The number of aliphatic hydroxyl groups is 1. The highest BCUT2D eigenvalue weighted by Crippen LogP contribution is 2.41. The first-order valence-electron chi connectivity index (χ1n) is 10.3. The van der Waals surface area contributed by atoms with Gasteiger partial charge >= 0.3 is 0 Å². The number of hydrogen-bond acceptors (Lipinski definition) is 5. The topological polar surface area (TPSA) is 69.6 Å². The van der Waals surface area contributed by atoms with Crippen LogP contribution in [0.1, 0.15) is 19.4 Å². The summed E-state index contributed by atoms with van der Waals surface area (Å²) < 4.78 is 15.8. The molecule has 3 aromatic rings.